The molecule has 1 unspecified atom stereocenters. The Bertz CT molecular complexity index is 536. The van der Waals surface area contributed by atoms with Crippen molar-refractivity contribution in [1.82, 2.24) is 4.90 Å². The lowest BCUT2D eigenvalue weighted by Gasteiger charge is -2.41. The van der Waals surface area contributed by atoms with Crippen LogP contribution in [0.25, 0.3) is 0 Å². The molecule has 0 saturated heterocycles. The third-order valence-corrected chi connectivity index (χ3v) is 5.02. The third-order valence-electron chi connectivity index (χ3n) is 4.46. The van der Waals surface area contributed by atoms with E-state index in [0.717, 1.165) is 5.56 Å². The van der Waals surface area contributed by atoms with Crippen molar-refractivity contribution in [3.05, 3.63) is 33.8 Å². The second-order valence-corrected chi connectivity index (χ2v) is 7.45. The van der Waals surface area contributed by atoms with E-state index in [1.165, 1.54) is 0 Å². The Morgan fingerprint density at radius 1 is 1.24 bits per heavy atom. The molecule has 0 saturated carbocycles. The van der Waals surface area contributed by atoms with Crippen molar-refractivity contribution in [3.8, 4) is 0 Å². The van der Waals surface area contributed by atoms with Crippen LogP contribution in [0.4, 0.5) is 0 Å². The van der Waals surface area contributed by atoms with Gasteiger partial charge in [0.05, 0.1) is 11.5 Å². The van der Waals surface area contributed by atoms with Crippen LogP contribution in [0.2, 0.25) is 10.0 Å². The minimum absolute atomic E-state index is 0.0199. The number of nitrogens with zero attached hydrogens (tertiary/aromatic N) is 1. The monoisotopic (exact) mass is 330 g/mol. The molecule has 1 aromatic carbocycles. The maximum atomic E-state index is 12.8. The van der Waals surface area contributed by atoms with E-state index in [0.29, 0.717) is 10.0 Å². The van der Waals surface area contributed by atoms with Gasteiger partial charge in [-0.1, -0.05) is 29.3 Å². The maximum Gasteiger partial charge on any atom is 0.230 e. The molecule has 0 spiro atoms. The summed E-state index contributed by atoms with van der Waals surface area (Å²) in [5.41, 5.74) is 5.70. The zero-order valence-corrected chi connectivity index (χ0v) is 15.0. The zero-order valence-electron chi connectivity index (χ0n) is 13.5. The summed E-state index contributed by atoms with van der Waals surface area (Å²) in [4.78, 5) is 14.5. The molecule has 0 bridgehead atoms. The minimum atomic E-state index is -0.686. The summed E-state index contributed by atoms with van der Waals surface area (Å²) in [5, 5.41) is 1.13. The van der Waals surface area contributed by atoms with Crippen LogP contribution in [0.15, 0.2) is 18.2 Å². The SMILES string of the molecule is CC(c1ccc(Cl)cc1Cl)N(C)C(=O)C(C)(C)C(C)(C)N. The minimum Gasteiger partial charge on any atom is -0.338 e. The van der Waals surface area contributed by atoms with Gasteiger partial charge in [0, 0.05) is 22.6 Å². The van der Waals surface area contributed by atoms with Crippen molar-refractivity contribution < 1.29 is 4.79 Å². The highest BCUT2D eigenvalue weighted by molar-refractivity contribution is 6.35. The van der Waals surface area contributed by atoms with E-state index in [1.54, 1.807) is 24.1 Å². The Balaban J connectivity index is 3.08. The number of amides is 1. The van der Waals surface area contributed by atoms with Crippen molar-refractivity contribution in [2.45, 2.75) is 46.2 Å². The summed E-state index contributed by atoms with van der Waals surface area (Å²) >= 11 is 12.1. The normalized spacial score (nSPS) is 14.0. The second kappa shape index (κ2) is 6.15. The Morgan fingerprint density at radius 2 is 1.76 bits per heavy atom. The fourth-order valence-corrected chi connectivity index (χ4v) is 2.51. The molecule has 0 aliphatic carbocycles. The van der Waals surface area contributed by atoms with Crippen molar-refractivity contribution >= 4 is 29.1 Å². The van der Waals surface area contributed by atoms with Gasteiger partial charge >= 0.3 is 0 Å². The first-order chi connectivity index (χ1) is 9.39. The molecular weight excluding hydrogens is 307 g/mol. The molecular formula is C16H24Cl2N2O. The second-order valence-electron chi connectivity index (χ2n) is 6.60. The van der Waals surface area contributed by atoms with Crippen molar-refractivity contribution in [2.75, 3.05) is 7.05 Å². The highest BCUT2D eigenvalue weighted by Gasteiger charge is 2.43. The molecule has 2 N–H and O–H groups in total. The average Bonchev–Trinajstić information content (AvgIpc) is 2.34. The van der Waals surface area contributed by atoms with Crippen LogP contribution in [-0.2, 0) is 4.79 Å². The highest BCUT2D eigenvalue weighted by atomic mass is 35.5. The fraction of sp³-hybridized carbons (Fsp3) is 0.562. The summed E-state index contributed by atoms with van der Waals surface area (Å²) in [6.07, 6.45) is 0. The van der Waals surface area contributed by atoms with Crippen molar-refractivity contribution in [3.63, 3.8) is 0 Å². The summed E-state index contributed by atoms with van der Waals surface area (Å²) in [7, 11) is 1.77. The van der Waals surface area contributed by atoms with Gasteiger partial charge in [-0.05, 0) is 52.3 Å². The lowest BCUT2D eigenvalue weighted by atomic mass is 9.74. The first-order valence-corrected chi connectivity index (χ1v) is 7.66. The number of hydrogen-bond acceptors (Lipinski definition) is 2. The van der Waals surface area contributed by atoms with Gasteiger partial charge in [-0.15, -0.1) is 0 Å². The number of rotatable bonds is 4. The van der Waals surface area contributed by atoms with Crippen molar-refractivity contribution in [2.24, 2.45) is 11.1 Å². The van der Waals surface area contributed by atoms with Crippen LogP contribution in [0.1, 0.15) is 46.2 Å². The molecule has 1 amide bonds. The number of nitrogens with two attached hydrogens (primary N) is 1. The predicted octanol–water partition coefficient (Wildman–Crippen LogP) is 4.28. The summed E-state index contributed by atoms with van der Waals surface area (Å²) in [5.74, 6) is -0.0199. The van der Waals surface area contributed by atoms with Gasteiger partial charge in [0.25, 0.3) is 0 Å². The predicted molar refractivity (Wildman–Crippen MR) is 89.7 cm³/mol. The molecule has 0 radical (unpaired) electrons. The molecule has 1 rings (SSSR count). The molecule has 21 heavy (non-hydrogen) atoms. The lowest BCUT2D eigenvalue weighted by molar-refractivity contribution is -0.144. The van der Waals surface area contributed by atoms with Gasteiger partial charge in [0.2, 0.25) is 5.91 Å². The van der Waals surface area contributed by atoms with Gasteiger partial charge in [-0.25, -0.2) is 0 Å². The number of carbonyl (C=O) groups excluding carboxylic acids is 1. The van der Waals surface area contributed by atoms with E-state index in [1.807, 2.05) is 40.7 Å². The van der Waals surface area contributed by atoms with E-state index in [2.05, 4.69) is 0 Å². The molecule has 1 aromatic rings. The molecule has 0 aliphatic rings. The molecule has 0 fully saturated rings. The van der Waals surface area contributed by atoms with Crippen LogP contribution >= 0.6 is 23.2 Å². The fourth-order valence-electron chi connectivity index (χ4n) is 1.94. The van der Waals surface area contributed by atoms with Gasteiger partial charge in [-0.2, -0.15) is 0 Å². The van der Waals surface area contributed by atoms with E-state index < -0.39 is 11.0 Å². The Hall–Kier alpha value is -0.770. The number of hydrogen-bond donors (Lipinski definition) is 1. The topological polar surface area (TPSA) is 46.3 Å². The van der Waals surface area contributed by atoms with Crippen LogP contribution in [0, 0.1) is 5.41 Å². The smallest absolute Gasteiger partial charge is 0.230 e. The van der Waals surface area contributed by atoms with E-state index in [9.17, 15) is 4.79 Å². The Kier molecular flexibility index (Phi) is 5.36. The molecule has 3 nitrogen and oxygen atoms in total. The molecule has 5 heteroatoms. The van der Waals surface area contributed by atoms with E-state index >= 15 is 0 Å². The first kappa shape index (κ1) is 18.3. The van der Waals surface area contributed by atoms with Crippen LogP contribution in [0.3, 0.4) is 0 Å². The molecule has 118 valence electrons. The number of halogens is 2. The Labute approximate surface area is 137 Å². The third kappa shape index (κ3) is 3.71. The van der Waals surface area contributed by atoms with Crippen molar-refractivity contribution in [1.29, 1.82) is 0 Å². The number of carbonyl (C=O) groups is 1. The Morgan fingerprint density at radius 3 is 2.19 bits per heavy atom. The first-order valence-electron chi connectivity index (χ1n) is 6.90. The summed E-state index contributed by atoms with van der Waals surface area (Å²) < 4.78 is 0. The zero-order chi connectivity index (χ0) is 16.6. The maximum absolute atomic E-state index is 12.8. The summed E-state index contributed by atoms with van der Waals surface area (Å²) in [6.45, 7) is 9.38. The van der Waals surface area contributed by atoms with E-state index in [4.69, 9.17) is 28.9 Å². The molecule has 0 aromatic heterocycles. The van der Waals surface area contributed by atoms with Gasteiger partial charge in [-0.3, -0.25) is 4.79 Å². The van der Waals surface area contributed by atoms with Crippen LogP contribution < -0.4 is 5.73 Å². The van der Waals surface area contributed by atoms with E-state index in [-0.39, 0.29) is 11.9 Å². The van der Waals surface area contributed by atoms with Crippen LogP contribution in [0.5, 0.6) is 0 Å². The van der Waals surface area contributed by atoms with Gasteiger partial charge in [0.15, 0.2) is 0 Å². The average molecular weight is 331 g/mol. The standard InChI is InChI=1S/C16H24Cl2N2O/c1-10(12-8-7-11(17)9-13(12)18)20(6)14(21)15(2,3)16(4,5)19/h7-10H,19H2,1-6H3. The molecule has 1 atom stereocenters. The number of benzene rings is 1. The summed E-state index contributed by atoms with van der Waals surface area (Å²) in [6, 6.07) is 5.14. The quantitative estimate of drug-likeness (QED) is 0.895. The van der Waals surface area contributed by atoms with Gasteiger partial charge in [0.1, 0.15) is 0 Å². The highest BCUT2D eigenvalue weighted by Crippen LogP contribution is 2.35. The molecule has 0 aliphatic heterocycles. The van der Waals surface area contributed by atoms with Gasteiger partial charge < -0.3 is 10.6 Å². The lowest BCUT2D eigenvalue weighted by Crippen LogP contribution is -2.56. The largest absolute Gasteiger partial charge is 0.338 e. The molecule has 0 heterocycles. The van der Waals surface area contributed by atoms with Crippen LogP contribution in [-0.4, -0.2) is 23.4 Å².